The molecule has 0 unspecified atom stereocenters. The highest BCUT2D eigenvalue weighted by atomic mass is 16.3. The Labute approximate surface area is 199 Å². The molecule has 2 spiro atoms. The molecule has 2 aliphatic heterocycles. The van der Waals surface area contributed by atoms with Crippen LogP contribution in [0.4, 0.5) is 9.59 Å². The molecule has 11 nitrogen and oxygen atoms in total. The van der Waals surface area contributed by atoms with Gasteiger partial charge in [0.15, 0.2) is 0 Å². The Morgan fingerprint density at radius 1 is 0.647 bits per heavy atom. The average Bonchev–Trinajstić information content (AvgIpc) is 3.13. The third-order valence-corrected chi connectivity index (χ3v) is 8.04. The van der Waals surface area contributed by atoms with Gasteiger partial charge in [0, 0.05) is 13.1 Å². The van der Waals surface area contributed by atoms with Crippen molar-refractivity contribution in [3.05, 3.63) is 0 Å². The lowest BCUT2D eigenvalue weighted by Crippen LogP contribution is -2.52. The van der Waals surface area contributed by atoms with Gasteiger partial charge in [-0.25, -0.2) is 9.59 Å². The van der Waals surface area contributed by atoms with Crippen LogP contribution >= 0.6 is 0 Å². The van der Waals surface area contributed by atoms with Crippen LogP contribution in [0.2, 0.25) is 0 Å². The monoisotopic (exact) mass is 480 g/mol. The molecule has 34 heavy (non-hydrogen) atoms. The van der Waals surface area contributed by atoms with Crippen LogP contribution in [0.15, 0.2) is 0 Å². The van der Waals surface area contributed by atoms with Gasteiger partial charge >= 0.3 is 12.1 Å². The highest BCUT2D eigenvalue weighted by Crippen LogP contribution is 2.42. The minimum absolute atomic E-state index is 0.0406. The quantitative estimate of drug-likeness (QED) is 0.423. The lowest BCUT2D eigenvalue weighted by atomic mass is 9.80. The Hall–Kier alpha value is -2.24. The second kappa shape index (κ2) is 9.79. The number of nitrogens with zero attached hydrogens (tertiary/aromatic N) is 4. The molecule has 2 saturated carbocycles. The van der Waals surface area contributed by atoms with Crippen molar-refractivity contribution in [1.29, 1.82) is 0 Å². The number of urea groups is 2. The number of carbonyl (C=O) groups excluding carboxylic acids is 4. The van der Waals surface area contributed by atoms with Crippen LogP contribution in [-0.2, 0) is 9.59 Å². The minimum Gasteiger partial charge on any atom is -0.395 e. The second-order valence-corrected chi connectivity index (χ2v) is 9.99. The van der Waals surface area contributed by atoms with Crippen molar-refractivity contribution >= 4 is 23.9 Å². The molecule has 0 radical (unpaired) electrons. The second-order valence-electron chi connectivity index (χ2n) is 9.99. The maximum atomic E-state index is 13.3. The molecule has 3 N–H and O–H groups in total. The van der Waals surface area contributed by atoms with E-state index in [2.05, 4.69) is 0 Å². The van der Waals surface area contributed by atoms with Crippen molar-refractivity contribution in [3.8, 4) is 0 Å². The Balaban J connectivity index is 1.49. The highest BCUT2D eigenvalue weighted by molar-refractivity contribution is 6.08. The number of imide groups is 2. The summed E-state index contributed by atoms with van der Waals surface area (Å²) in [6, 6.07) is -1.10. The van der Waals surface area contributed by atoms with Crippen molar-refractivity contribution in [2.24, 2.45) is 0 Å². The molecule has 4 aliphatic rings. The first-order valence-corrected chi connectivity index (χ1v) is 12.5. The van der Waals surface area contributed by atoms with Gasteiger partial charge in [-0.2, -0.15) is 0 Å². The van der Waals surface area contributed by atoms with Gasteiger partial charge in [0.05, 0.1) is 32.4 Å². The van der Waals surface area contributed by atoms with Crippen molar-refractivity contribution in [2.45, 2.75) is 81.4 Å². The van der Waals surface area contributed by atoms with E-state index in [1.165, 1.54) is 9.80 Å². The van der Waals surface area contributed by atoms with E-state index < -0.39 is 29.2 Å². The molecular weight excluding hydrogens is 444 g/mol. The third kappa shape index (κ3) is 3.87. The van der Waals surface area contributed by atoms with E-state index in [9.17, 15) is 34.5 Å². The zero-order valence-electron chi connectivity index (χ0n) is 19.7. The van der Waals surface area contributed by atoms with Crippen LogP contribution in [0.5, 0.6) is 0 Å². The summed E-state index contributed by atoms with van der Waals surface area (Å²) in [5.74, 6) is -0.760. The smallest absolute Gasteiger partial charge is 0.327 e. The Kier molecular flexibility index (Phi) is 7.16. The summed E-state index contributed by atoms with van der Waals surface area (Å²) in [5, 5.41) is 29.8. The molecule has 2 aliphatic carbocycles. The molecule has 0 aromatic carbocycles. The average molecular weight is 481 g/mol. The van der Waals surface area contributed by atoms with Crippen LogP contribution in [-0.4, -0.2) is 115 Å². The summed E-state index contributed by atoms with van der Waals surface area (Å²) in [6.07, 6.45) is 5.94. The maximum absolute atomic E-state index is 13.3. The van der Waals surface area contributed by atoms with E-state index in [0.717, 1.165) is 48.3 Å². The molecule has 190 valence electrons. The van der Waals surface area contributed by atoms with Crippen LogP contribution < -0.4 is 0 Å². The van der Waals surface area contributed by atoms with Gasteiger partial charge in [0.1, 0.15) is 11.1 Å². The topological polar surface area (TPSA) is 142 Å². The van der Waals surface area contributed by atoms with Gasteiger partial charge in [-0.05, 0) is 25.7 Å². The van der Waals surface area contributed by atoms with Gasteiger partial charge in [-0.3, -0.25) is 19.4 Å². The third-order valence-electron chi connectivity index (χ3n) is 8.04. The fourth-order valence-corrected chi connectivity index (χ4v) is 6.43. The molecule has 4 rings (SSSR count). The highest BCUT2D eigenvalue weighted by Gasteiger charge is 2.59. The summed E-state index contributed by atoms with van der Waals surface area (Å²) in [7, 11) is 0. The number of hydrogen-bond acceptors (Lipinski definition) is 7. The van der Waals surface area contributed by atoms with Crippen molar-refractivity contribution in [2.75, 3.05) is 39.4 Å². The predicted octanol–water partition coefficient (Wildman–Crippen LogP) is 0.266. The number of carbonyl (C=O) groups is 4. The first-order chi connectivity index (χ1) is 16.3. The molecule has 6 amide bonds. The van der Waals surface area contributed by atoms with Crippen LogP contribution in [0.25, 0.3) is 0 Å². The normalized spacial score (nSPS) is 24.6. The maximum Gasteiger partial charge on any atom is 0.327 e. The first-order valence-electron chi connectivity index (χ1n) is 12.5. The lowest BCUT2D eigenvalue weighted by Gasteiger charge is -2.37. The molecule has 0 aromatic rings. The predicted molar refractivity (Wildman–Crippen MR) is 119 cm³/mol. The zero-order chi connectivity index (χ0) is 24.5. The van der Waals surface area contributed by atoms with Gasteiger partial charge in [0.25, 0.3) is 11.8 Å². The van der Waals surface area contributed by atoms with E-state index in [0.29, 0.717) is 25.7 Å². The van der Waals surface area contributed by atoms with Crippen molar-refractivity contribution in [1.82, 2.24) is 19.6 Å². The number of β-amino-alcohol motifs (C(OH)–C–C–N with tert-alkyl or cyclic N) is 3. The Morgan fingerprint density at radius 3 is 1.32 bits per heavy atom. The van der Waals surface area contributed by atoms with Gasteiger partial charge in [-0.1, -0.05) is 38.5 Å². The number of hydrogen-bond donors (Lipinski definition) is 3. The fraction of sp³-hybridized carbons (Fsp3) is 0.826. The number of amides is 6. The SMILES string of the molecule is O=C1N(CC(O)CN2C(=O)N(CCO)C3(CCCCC3)C2=O)C(=O)C2(CCCCC2)N1CCO. The summed E-state index contributed by atoms with van der Waals surface area (Å²) in [4.78, 5) is 57.7. The summed E-state index contributed by atoms with van der Waals surface area (Å²) < 4.78 is 0. The van der Waals surface area contributed by atoms with E-state index in [-0.39, 0.29) is 51.2 Å². The lowest BCUT2D eigenvalue weighted by molar-refractivity contribution is -0.136. The van der Waals surface area contributed by atoms with E-state index in [4.69, 9.17) is 0 Å². The van der Waals surface area contributed by atoms with Gasteiger partial charge < -0.3 is 25.1 Å². The number of rotatable bonds is 8. The summed E-state index contributed by atoms with van der Waals surface area (Å²) >= 11 is 0. The molecule has 0 bridgehead atoms. The number of aliphatic hydroxyl groups excluding tert-OH is 3. The Bertz CT molecular complexity index is 756. The van der Waals surface area contributed by atoms with Crippen LogP contribution in [0, 0.1) is 0 Å². The molecule has 0 aromatic heterocycles. The zero-order valence-corrected chi connectivity index (χ0v) is 19.7. The van der Waals surface area contributed by atoms with E-state index in [1.54, 1.807) is 0 Å². The Morgan fingerprint density at radius 2 is 1.00 bits per heavy atom. The molecule has 0 atom stereocenters. The largest absolute Gasteiger partial charge is 0.395 e. The van der Waals surface area contributed by atoms with Crippen LogP contribution in [0.1, 0.15) is 64.2 Å². The molecule has 2 saturated heterocycles. The van der Waals surface area contributed by atoms with Crippen LogP contribution in [0.3, 0.4) is 0 Å². The molecular formula is C23H36N4O7. The fourth-order valence-electron chi connectivity index (χ4n) is 6.43. The molecule has 11 heteroatoms. The van der Waals surface area contributed by atoms with Gasteiger partial charge in [0.2, 0.25) is 0 Å². The number of aliphatic hydroxyl groups is 3. The van der Waals surface area contributed by atoms with E-state index in [1.807, 2.05) is 0 Å². The van der Waals surface area contributed by atoms with Gasteiger partial charge in [-0.15, -0.1) is 0 Å². The minimum atomic E-state index is -1.30. The van der Waals surface area contributed by atoms with Crippen molar-refractivity contribution < 1.29 is 34.5 Å². The van der Waals surface area contributed by atoms with Crippen molar-refractivity contribution in [3.63, 3.8) is 0 Å². The first kappa shape index (κ1) is 24.9. The summed E-state index contributed by atoms with van der Waals surface area (Å²) in [6.45, 7) is -1.11. The molecule has 2 heterocycles. The standard InChI is InChI=1S/C23H36N4O7/c28-13-11-26-20(33)24(18(31)22(26)7-3-1-4-8-22)15-17(30)16-25-19(32)23(9-5-2-6-10-23)27(12-14-29)21(25)34/h17,28-30H,1-16H2. The summed E-state index contributed by atoms with van der Waals surface area (Å²) in [5.41, 5.74) is -1.97. The van der Waals surface area contributed by atoms with E-state index >= 15 is 0 Å². The molecule has 4 fully saturated rings.